The van der Waals surface area contributed by atoms with Crippen LogP contribution in [0.2, 0.25) is 0 Å². The van der Waals surface area contributed by atoms with E-state index >= 15 is 0 Å². The van der Waals surface area contributed by atoms with Gasteiger partial charge in [-0.15, -0.1) is 0 Å². The van der Waals surface area contributed by atoms with Crippen molar-refractivity contribution in [3.05, 3.63) is 23.3 Å². The zero-order chi connectivity index (χ0) is 46.6. The molecule has 0 aromatic carbocycles. The van der Waals surface area contributed by atoms with E-state index in [0.717, 1.165) is 6.08 Å². The Balaban J connectivity index is 2.63. The molecular weight excluding hydrogens is 849 g/mol. The Kier molecular flexibility index (Phi) is 21.3. The molecule has 2 amide bonds. The van der Waals surface area contributed by atoms with Crippen molar-refractivity contribution in [1.82, 2.24) is 8.61 Å². The van der Waals surface area contributed by atoms with Gasteiger partial charge in [-0.2, -0.15) is 16.8 Å². The minimum atomic E-state index is -5.42. The Morgan fingerprint density at radius 3 is 1.54 bits per heavy atom. The van der Waals surface area contributed by atoms with Crippen LogP contribution in [-0.2, 0) is 62.9 Å². The second-order valence-corrected chi connectivity index (χ2v) is 18.5. The van der Waals surface area contributed by atoms with Crippen LogP contribution in [0.3, 0.4) is 0 Å². The van der Waals surface area contributed by atoms with Crippen LogP contribution in [0, 0.1) is 23.7 Å². The summed E-state index contributed by atoms with van der Waals surface area (Å²) in [6.07, 6.45) is -6.87. The van der Waals surface area contributed by atoms with Gasteiger partial charge in [-0.1, -0.05) is 51.7 Å². The molecule has 352 valence electrons. The van der Waals surface area contributed by atoms with E-state index in [1.54, 1.807) is 48.5 Å². The van der Waals surface area contributed by atoms with Gasteiger partial charge in [0, 0.05) is 37.1 Å². The third-order valence-corrected chi connectivity index (χ3v) is 13.2. The molecule has 2 aliphatic heterocycles. The first-order valence-corrected chi connectivity index (χ1v) is 23.1. The van der Waals surface area contributed by atoms with Crippen molar-refractivity contribution in [2.75, 3.05) is 39.5 Å². The van der Waals surface area contributed by atoms with E-state index in [4.69, 9.17) is 34.6 Å². The van der Waals surface area contributed by atoms with E-state index in [9.17, 15) is 55.9 Å². The summed E-state index contributed by atoms with van der Waals surface area (Å²) in [5.74, 6) is -7.74. The standard InChI is InChI=1S/C38H66N4O17S2/c1-9-23(7)31(39)37(48)41(60(50,51)52)18-26-20-58-28(14-22(6)16-30(44)56-12-4)35(47)36(26)59-61(53,54)42(38(49)32(40)24(8)10-2)17-25-19-57-27(34(46)33(25)45)13-21(5)15-29(43)55-11-3/h15-16,23-28,31-36,45-47H,9-14,17-20,39-40H2,1-8H3,(H,50,51,52)/b21-15+,22-16+/t23-,24?,25-,26-,27+,28+,31+,32?,33-,34+,35-,36-/m1/s1. The van der Waals surface area contributed by atoms with Gasteiger partial charge < -0.3 is 45.7 Å². The third kappa shape index (κ3) is 15.3. The summed E-state index contributed by atoms with van der Waals surface area (Å²) in [6.45, 7) is 10.2. The molecule has 2 heterocycles. The molecule has 12 atom stereocenters. The molecule has 0 spiro atoms. The van der Waals surface area contributed by atoms with Crippen LogP contribution in [0.4, 0.5) is 0 Å². The van der Waals surface area contributed by atoms with Crippen LogP contribution in [0.15, 0.2) is 23.3 Å². The van der Waals surface area contributed by atoms with Gasteiger partial charge in [0.2, 0.25) is 0 Å². The van der Waals surface area contributed by atoms with Gasteiger partial charge in [-0.3, -0.25) is 14.1 Å². The Hall–Kier alpha value is -3.10. The van der Waals surface area contributed by atoms with Crippen LogP contribution >= 0.6 is 0 Å². The van der Waals surface area contributed by atoms with Crippen molar-refractivity contribution in [1.29, 1.82) is 0 Å². The second-order valence-electron chi connectivity index (χ2n) is 15.7. The van der Waals surface area contributed by atoms with Crippen molar-refractivity contribution in [2.45, 2.75) is 130 Å². The number of nitrogens with zero attached hydrogens (tertiary/aromatic N) is 2. The van der Waals surface area contributed by atoms with Crippen LogP contribution in [-0.4, -0.2) is 157 Å². The SMILES string of the molecule is CCOC(=O)/C=C(\C)C[C@@H]1OC[C@@H](CN(C(=O)C(N)C(C)CC)S(=O)(=O)O[C@@H]2[C@H](CN(C(=O)[C@@H](N)[C@H](C)CC)S(=O)(=O)O)CO[C@@H](C/C(C)=C/C(=O)OCC)[C@H]2O)[C@@H](O)[C@H]1O. The summed E-state index contributed by atoms with van der Waals surface area (Å²) in [4.78, 5) is 51.5. The highest BCUT2D eigenvalue weighted by Crippen LogP contribution is 2.32. The van der Waals surface area contributed by atoms with Gasteiger partial charge in [0.15, 0.2) is 0 Å². The highest BCUT2D eigenvalue weighted by Gasteiger charge is 2.49. The van der Waals surface area contributed by atoms with Crippen molar-refractivity contribution in [3.8, 4) is 0 Å². The lowest BCUT2D eigenvalue weighted by Crippen LogP contribution is -2.60. The maximum atomic E-state index is 14.5. The molecule has 2 aliphatic rings. The first kappa shape index (κ1) is 54.0. The Morgan fingerprint density at radius 1 is 0.705 bits per heavy atom. The van der Waals surface area contributed by atoms with Crippen LogP contribution in [0.1, 0.15) is 81.1 Å². The molecule has 23 heteroatoms. The number of rotatable bonds is 22. The first-order valence-electron chi connectivity index (χ1n) is 20.3. The number of hydrogen-bond donors (Lipinski definition) is 6. The fourth-order valence-electron chi connectivity index (χ4n) is 6.74. The Labute approximate surface area is 358 Å². The second kappa shape index (κ2) is 24.1. The number of carbonyl (C=O) groups excluding carboxylic acids is 4. The van der Waals surface area contributed by atoms with E-state index in [1.807, 2.05) is 0 Å². The molecule has 21 nitrogen and oxygen atoms in total. The van der Waals surface area contributed by atoms with E-state index in [1.165, 1.54) is 13.0 Å². The summed E-state index contributed by atoms with van der Waals surface area (Å²) in [5.41, 5.74) is 13.1. The molecule has 0 aromatic heterocycles. The lowest BCUT2D eigenvalue weighted by Gasteiger charge is -2.43. The maximum absolute atomic E-state index is 14.5. The minimum absolute atomic E-state index is 0.0172. The lowest BCUT2D eigenvalue weighted by atomic mass is 9.89. The van der Waals surface area contributed by atoms with Gasteiger partial charge in [-0.25, -0.2) is 22.4 Å². The van der Waals surface area contributed by atoms with Crippen molar-refractivity contribution in [2.24, 2.45) is 35.1 Å². The highest BCUT2D eigenvalue weighted by molar-refractivity contribution is 7.85. The van der Waals surface area contributed by atoms with Gasteiger partial charge in [0.05, 0.1) is 56.8 Å². The number of esters is 2. The number of amides is 2. The van der Waals surface area contributed by atoms with Gasteiger partial charge in [0.25, 0.3) is 11.8 Å². The van der Waals surface area contributed by atoms with Gasteiger partial charge in [-0.05, 0) is 52.4 Å². The molecule has 8 N–H and O–H groups in total. The monoisotopic (exact) mass is 914 g/mol. The molecule has 0 radical (unpaired) electrons. The Morgan fingerprint density at radius 2 is 1.11 bits per heavy atom. The maximum Gasteiger partial charge on any atom is 0.365 e. The van der Waals surface area contributed by atoms with Crippen molar-refractivity contribution in [3.63, 3.8) is 0 Å². The van der Waals surface area contributed by atoms with Crippen LogP contribution in [0.25, 0.3) is 0 Å². The largest absolute Gasteiger partial charge is 0.463 e. The van der Waals surface area contributed by atoms with Crippen molar-refractivity contribution < 1.29 is 79.0 Å². The van der Waals surface area contributed by atoms with Crippen LogP contribution < -0.4 is 11.5 Å². The quantitative estimate of drug-likeness (QED) is 0.0463. The predicted octanol–water partition coefficient (Wildman–Crippen LogP) is -0.265. The number of aliphatic hydroxyl groups excluding tert-OH is 3. The number of aliphatic hydroxyl groups is 3. The zero-order valence-electron chi connectivity index (χ0n) is 36.1. The summed E-state index contributed by atoms with van der Waals surface area (Å²) in [5, 5.41) is 34.0. The minimum Gasteiger partial charge on any atom is -0.463 e. The molecule has 0 saturated carbocycles. The number of carbonyl (C=O) groups is 4. The first-order chi connectivity index (χ1) is 28.3. The highest BCUT2D eigenvalue weighted by atomic mass is 32.2. The molecule has 2 unspecified atom stereocenters. The molecule has 2 saturated heterocycles. The predicted molar refractivity (Wildman–Crippen MR) is 218 cm³/mol. The van der Waals surface area contributed by atoms with Gasteiger partial charge in [0.1, 0.15) is 18.3 Å². The number of nitrogens with two attached hydrogens (primary N) is 2. The fraction of sp³-hybridized carbons (Fsp3) is 0.789. The topological polar surface area (TPSA) is 322 Å². The molecule has 2 fully saturated rings. The molecule has 2 rings (SSSR count). The summed E-state index contributed by atoms with van der Waals surface area (Å²) < 4.78 is 91.8. The zero-order valence-corrected chi connectivity index (χ0v) is 37.7. The van der Waals surface area contributed by atoms with Gasteiger partial charge >= 0.3 is 32.5 Å². The summed E-state index contributed by atoms with van der Waals surface area (Å²) in [7, 11) is -10.8. The smallest absolute Gasteiger partial charge is 0.365 e. The average molecular weight is 915 g/mol. The number of hydrogen-bond acceptors (Lipinski definition) is 18. The molecule has 61 heavy (non-hydrogen) atoms. The Bertz CT molecular complexity index is 1780. The molecule has 0 bridgehead atoms. The molecular formula is C38H66N4O17S2. The normalized spacial score (nSPS) is 27.3. The third-order valence-electron chi connectivity index (χ3n) is 11.0. The van der Waals surface area contributed by atoms with Crippen LogP contribution in [0.5, 0.6) is 0 Å². The fourth-order valence-corrected chi connectivity index (χ4v) is 8.84. The lowest BCUT2D eigenvalue weighted by molar-refractivity contribution is -0.168. The van der Waals surface area contributed by atoms with E-state index in [0.29, 0.717) is 24.0 Å². The molecule has 0 aromatic rings. The summed E-state index contributed by atoms with van der Waals surface area (Å²) in [6, 6.07) is -2.88. The van der Waals surface area contributed by atoms with E-state index in [-0.39, 0.29) is 34.7 Å². The van der Waals surface area contributed by atoms with Crippen molar-refractivity contribution >= 4 is 44.4 Å². The van der Waals surface area contributed by atoms with E-state index < -0.39 is 143 Å². The number of ether oxygens (including phenoxy) is 4. The van der Waals surface area contributed by atoms with E-state index in [2.05, 4.69) is 0 Å². The average Bonchev–Trinajstić information content (AvgIpc) is 3.18. The summed E-state index contributed by atoms with van der Waals surface area (Å²) >= 11 is 0. The molecule has 0 aliphatic carbocycles.